The number of ketones is 3. The second-order valence-corrected chi connectivity index (χ2v) is 8.48. The van der Waals surface area contributed by atoms with E-state index in [1.54, 1.807) is 20.8 Å². The second-order valence-electron chi connectivity index (χ2n) is 8.48. The first-order valence-corrected chi connectivity index (χ1v) is 11.4. The van der Waals surface area contributed by atoms with Crippen molar-refractivity contribution in [2.75, 3.05) is 12.3 Å². The van der Waals surface area contributed by atoms with Crippen LogP contribution in [0.15, 0.2) is 12.7 Å². The maximum atomic E-state index is 13.8. The Hall–Kier alpha value is -2.80. The number of imidazole rings is 1. The molecule has 12 nitrogen and oxygen atoms in total. The van der Waals surface area contributed by atoms with Gasteiger partial charge >= 0.3 is 0 Å². The summed E-state index contributed by atoms with van der Waals surface area (Å²) < 4.78 is 6.97. The number of ether oxygens (including phenoxy) is 1. The van der Waals surface area contributed by atoms with Gasteiger partial charge in [-0.05, 0) is 19.3 Å². The Kier molecular flexibility index (Phi) is 7.18. The predicted octanol–water partition coefficient (Wildman–Crippen LogP) is 0.0222. The molecule has 2 aromatic heterocycles. The van der Waals surface area contributed by atoms with Crippen LogP contribution in [0.1, 0.15) is 59.3 Å². The maximum absolute atomic E-state index is 13.8. The van der Waals surface area contributed by atoms with Gasteiger partial charge in [-0.25, -0.2) is 15.0 Å². The smallest absolute Gasteiger partial charge is 0.247 e. The Morgan fingerprint density at radius 1 is 1.00 bits per heavy atom. The zero-order chi connectivity index (χ0) is 25.3. The number of aliphatic hydroxyl groups is 3. The Morgan fingerprint density at radius 3 is 2.18 bits per heavy atom. The van der Waals surface area contributed by atoms with E-state index in [0.717, 1.165) is 17.2 Å². The standard InChI is InChI=1S/C22H31N5O7/c1-4-7-13(29)20(32)16(10-28)34-22(15(31)9-6-3,21(20,33)14(30)8-5-2)27-12-26-17-18(23)24-11-25-19(17)27/h11-12,16,28,32-33H,4-10H2,1-3H3,(H2,23,24,25)/t16-,20-,21-,22-/m1/s1. The van der Waals surface area contributed by atoms with Crippen LogP contribution in [-0.2, 0) is 24.8 Å². The highest BCUT2D eigenvalue weighted by molar-refractivity contribution is 6.07. The van der Waals surface area contributed by atoms with Crippen LogP contribution >= 0.6 is 0 Å². The van der Waals surface area contributed by atoms with Gasteiger partial charge in [-0.3, -0.25) is 19.0 Å². The number of carbonyl (C=O) groups is 3. The molecule has 0 radical (unpaired) electrons. The molecule has 34 heavy (non-hydrogen) atoms. The summed E-state index contributed by atoms with van der Waals surface area (Å²) in [7, 11) is 0. The van der Waals surface area contributed by atoms with E-state index in [1.165, 1.54) is 0 Å². The number of Topliss-reactive ketones (excluding diaryl/α,β-unsaturated/α-hetero) is 3. The number of carbonyl (C=O) groups excluding carboxylic acids is 3. The number of nitrogens with two attached hydrogens (primary N) is 1. The van der Waals surface area contributed by atoms with Crippen LogP contribution < -0.4 is 5.73 Å². The van der Waals surface area contributed by atoms with Crippen molar-refractivity contribution in [2.45, 2.75) is 82.3 Å². The average molecular weight is 478 g/mol. The molecular formula is C22H31N5O7. The fourth-order valence-electron chi connectivity index (χ4n) is 4.76. The molecule has 0 bridgehead atoms. The van der Waals surface area contributed by atoms with Crippen molar-refractivity contribution in [3.63, 3.8) is 0 Å². The number of aliphatic hydroxyl groups excluding tert-OH is 1. The van der Waals surface area contributed by atoms with Gasteiger partial charge in [0.1, 0.15) is 24.3 Å². The van der Waals surface area contributed by atoms with E-state index in [-0.39, 0.29) is 49.1 Å². The molecule has 0 saturated carbocycles. The van der Waals surface area contributed by atoms with Gasteiger partial charge < -0.3 is 25.8 Å². The third-order valence-electron chi connectivity index (χ3n) is 6.33. The molecule has 186 valence electrons. The van der Waals surface area contributed by atoms with Gasteiger partial charge in [-0.2, -0.15) is 0 Å². The van der Waals surface area contributed by atoms with Gasteiger partial charge in [-0.15, -0.1) is 0 Å². The number of nitrogens with zero attached hydrogens (tertiary/aromatic N) is 4. The quantitative estimate of drug-likeness (QED) is 0.341. The number of anilines is 1. The topological polar surface area (TPSA) is 191 Å². The molecule has 0 unspecified atom stereocenters. The summed E-state index contributed by atoms with van der Waals surface area (Å²) >= 11 is 0. The lowest BCUT2D eigenvalue weighted by Crippen LogP contribution is -2.73. The van der Waals surface area contributed by atoms with Gasteiger partial charge in [-0.1, -0.05) is 20.8 Å². The van der Waals surface area contributed by atoms with E-state index in [4.69, 9.17) is 10.5 Å². The number of fused-ring (bicyclic) bond motifs is 1. The molecule has 4 atom stereocenters. The van der Waals surface area contributed by atoms with E-state index in [9.17, 15) is 29.7 Å². The van der Waals surface area contributed by atoms with E-state index in [0.29, 0.717) is 6.42 Å². The largest absolute Gasteiger partial charge is 0.394 e. The lowest BCUT2D eigenvalue weighted by atomic mass is 9.67. The third-order valence-corrected chi connectivity index (χ3v) is 6.33. The van der Waals surface area contributed by atoms with Crippen LogP contribution in [0, 0.1) is 0 Å². The van der Waals surface area contributed by atoms with Crippen molar-refractivity contribution < 1.29 is 34.4 Å². The number of rotatable bonds is 11. The Morgan fingerprint density at radius 2 is 1.59 bits per heavy atom. The summed E-state index contributed by atoms with van der Waals surface area (Å²) in [6.07, 6.45) is 0.572. The van der Waals surface area contributed by atoms with Gasteiger partial charge in [0.25, 0.3) is 0 Å². The fraction of sp³-hybridized carbons (Fsp3) is 0.636. The average Bonchev–Trinajstić information content (AvgIpc) is 3.33. The van der Waals surface area contributed by atoms with Crippen molar-refractivity contribution >= 4 is 34.3 Å². The molecule has 0 aromatic carbocycles. The Bertz CT molecular complexity index is 1100. The first-order chi connectivity index (χ1) is 16.1. The summed E-state index contributed by atoms with van der Waals surface area (Å²) in [6.45, 7) is 4.11. The zero-order valence-corrected chi connectivity index (χ0v) is 19.5. The van der Waals surface area contributed by atoms with E-state index < -0.39 is 47.0 Å². The molecule has 0 spiro atoms. The molecule has 0 amide bonds. The van der Waals surface area contributed by atoms with Crippen LogP contribution in [0.25, 0.3) is 11.2 Å². The lowest BCUT2D eigenvalue weighted by Gasteiger charge is -2.43. The molecule has 1 saturated heterocycles. The molecular weight excluding hydrogens is 446 g/mol. The van der Waals surface area contributed by atoms with Crippen molar-refractivity contribution in [3.05, 3.63) is 12.7 Å². The number of hydrogen-bond acceptors (Lipinski definition) is 11. The van der Waals surface area contributed by atoms with Crippen molar-refractivity contribution in [1.82, 2.24) is 19.5 Å². The molecule has 5 N–H and O–H groups in total. The van der Waals surface area contributed by atoms with Crippen LogP contribution in [0.4, 0.5) is 5.82 Å². The van der Waals surface area contributed by atoms with Crippen LogP contribution in [0.3, 0.4) is 0 Å². The lowest BCUT2D eigenvalue weighted by molar-refractivity contribution is -0.209. The third kappa shape index (κ3) is 3.28. The number of aromatic nitrogens is 4. The molecule has 3 rings (SSSR count). The Balaban J connectivity index is 2.48. The van der Waals surface area contributed by atoms with Gasteiger partial charge in [0.05, 0.1) is 6.61 Å². The molecule has 0 aliphatic carbocycles. The summed E-state index contributed by atoms with van der Waals surface area (Å²) in [5.41, 5.74) is -2.74. The summed E-state index contributed by atoms with van der Waals surface area (Å²) in [5.74, 6) is -2.73. The molecule has 12 heteroatoms. The molecule has 2 aromatic rings. The van der Waals surface area contributed by atoms with E-state index in [2.05, 4.69) is 15.0 Å². The first-order valence-electron chi connectivity index (χ1n) is 11.4. The molecule has 1 aliphatic heterocycles. The number of hydrogen-bond donors (Lipinski definition) is 4. The van der Waals surface area contributed by atoms with E-state index in [1.807, 2.05) is 0 Å². The highest BCUT2D eigenvalue weighted by Gasteiger charge is 2.81. The van der Waals surface area contributed by atoms with Crippen LogP contribution in [-0.4, -0.2) is 76.1 Å². The summed E-state index contributed by atoms with van der Waals surface area (Å²) in [6, 6.07) is 0. The van der Waals surface area contributed by atoms with Crippen LogP contribution in [0.2, 0.25) is 0 Å². The maximum Gasteiger partial charge on any atom is 0.247 e. The van der Waals surface area contributed by atoms with Gasteiger partial charge in [0, 0.05) is 19.3 Å². The summed E-state index contributed by atoms with van der Waals surface area (Å²) in [5, 5.41) is 34.1. The van der Waals surface area contributed by atoms with Crippen molar-refractivity contribution in [2.24, 2.45) is 0 Å². The number of nitrogen functional groups attached to an aromatic ring is 1. The van der Waals surface area contributed by atoms with Crippen molar-refractivity contribution in [3.8, 4) is 0 Å². The zero-order valence-electron chi connectivity index (χ0n) is 19.5. The highest BCUT2D eigenvalue weighted by Crippen LogP contribution is 2.53. The SMILES string of the molecule is CCCC(=O)[C@@]1(O)[C@@](O)(C(=O)CCC)[C@@H](CO)O[C@@]1(C(=O)CCC)n1cnc2c(N)ncnc21. The molecule has 3 heterocycles. The fourth-order valence-corrected chi connectivity index (χ4v) is 4.76. The van der Waals surface area contributed by atoms with Crippen molar-refractivity contribution in [1.29, 1.82) is 0 Å². The second kappa shape index (κ2) is 9.45. The normalized spacial score (nSPS) is 28.9. The molecule has 1 aliphatic rings. The van der Waals surface area contributed by atoms with Gasteiger partial charge in [0.2, 0.25) is 11.3 Å². The predicted molar refractivity (Wildman–Crippen MR) is 119 cm³/mol. The first kappa shape index (κ1) is 25.8. The monoisotopic (exact) mass is 477 g/mol. The summed E-state index contributed by atoms with van der Waals surface area (Å²) in [4.78, 5) is 52.8. The van der Waals surface area contributed by atoms with Crippen LogP contribution in [0.5, 0.6) is 0 Å². The van der Waals surface area contributed by atoms with Gasteiger partial charge in [0.15, 0.2) is 34.4 Å². The molecule has 1 fully saturated rings. The minimum atomic E-state index is -3.09. The van der Waals surface area contributed by atoms with E-state index >= 15 is 0 Å². The minimum Gasteiger partial charge on any atom is -0.394 e. The minimum absolute atomic E-state index is 0.0284. The highest BCUT2D eigenvalue weighted by atomic mass is 16.6. The Labute approximate surface area is 196 Å².